The van der Waals surface area contributed by atoms with E-state index in [2.05, 4.69) is 20.3 Å². The molecule has 11 heteroatoms. The van der Waals surface area contributed by atoms with E-state index in [0.717, 1.165) is 4.88 Å². The van der Waals surface area contributed by atoms with Crippen molar-refractivity contribution in [2.75, 3.05) is 6.54 Å². The first-order chi connectivity index (χ1) is 16.6. The second-order valence-electron chi connectivity index (χ2n) is 7.33. The smallest absolute Gasteiger partial charge is 0.294 e. The summed E-state index contributed by atoms with van der Waals surface area (Å²) in [7, 11) is 0. The first-order valence-electron chi connectivity index (χ1n) is 10.5. The molecule has 0 spiro atoms. The van der Waals surface area contributed by atoms with Crippen molar-refractivity contribution in [3.63, 3.8) is 0 Å². The molecule has 0 bridgehead atoms. The summed E-state index contributed by atoms with van der Waals surface area (Å²) >= 11 is 1.45. The molecule has 0 N–H and O–H groups in total. The molecule has 4 heterocycles. The summed E-state index contributed by atoms with van der Waals surface area (Å²) in [4.78, 5) is 20.3. The fraction of sp³-hybridized carbons (Fsp3) is 0.174. The van der Waals surface area contributed by atoms with Gasteiger partial charge in [0.15, 0.2) is 11.6 Å². The summed E-state index contributed by atoms with van der Waals surface area (Å²) in [6.45, 7) is 2.47. The number of amides is 1. The van der Waals surface area contributed by atoms with E-state index in [1.807, 2.05) is 24.4 Å². The number of hydrogen-bond acceptors (Lipinski definition) is 8. The molecule has 0 saturated heterocycles. The van der Waals surface area contributed by atoms with Crippen molar-refractivity contribution < 1.29 is 18.0 Å². The minimum Gasteiger partial charge on any atom is -0.459 e. The van der Waals surface area contributed by atoms with Gasteiger partial charge >= 0.3 is 0 Å². The molecule has 0 aliphatic heterocycles. The van der Waals surface area contributed by atoms with Gasteiger partial charge in [0, 0.05) is 6.54 Å². The second-order valence-corrected chi connectivity index (χ2v) is 8.28. The minimum atomic E-state index is -0.408. The van der Waals surface area contributed by atoms with Gasteiger partial charge in [-0.05, 0) is 48.2 Å². The molecule has 0 fully saturated rings. The molecular weight excluding hydrogens is 459 g/mol. The summed E-state index contributed by atoms with van der Waals surface area (Å²) < 4.78 is 26.3. The van der Waals surface area contributed by atoms with Crippen molar-refractivity contribution in [3.05, 3.63) is 77.7 Å². The third-order valence-electron chi connectivity index (χ3n) is 4.90. The van der Waals surface area contributed by atoms with Crippen LogP contribution in [0.25, 0.3) is 28.0 Å². The van der Waals surface area contributed by atoms with Crippen LogP contribution in [0.1, 0.15) is 29.9 Å². The molecule has 1 aromatic carbocycles. The predicted octanol–water partition coefficient (Wildman–Crippen LogP) is 4.83. The third-order valence-corrected chi connectivity index (χ3v) is 5.76. The summed E-state index contributed by atoms with van der Waals surface area (Å²) in [5, 5.41) is 14.4. The number of aromatic nitrogens is 5. The standard InChI is InChI=1S/C23H19FN6O3S/c1-2-10-29(14-19-26-27-22(33-19)17-8-4-11-32-17)23(31)20-25-21(18-9-5-12-34-18)30(28-20)16-7-3-6-15(24)13-16/h3-9,11-13H,2,10,14H2,1H3. The Morgan fingerprint density at radius 3 is 2.82 bits per heavy atom. The Morgan fingerprint density at radius 1 is 1.18 bits per heavy atom. The number of carbonyl (C=O) groups excluding carboxylic acids is 1. The van der Waals surface area contributed by atoms with Crippen molar-refractivity contribution in [1.29, 1.82) is 0 Å². The Balaban J connectivity index is 1.46. The van der Waals surface area contributed by atoms with Crippen LogP contribution in [0.3, 0.4) is 0 Å². The maximum atomic E-state index is 13.9. The van der Waals surface area contributed by atoms with Gasteiger partial charge in [-0.3, -0.25) is 4.79 Å². The van der Waals surface area contributed by atoms with E-state index >= 15 is 0 Å². The molecule has 5 aromatic rings. The van der Waals surface area contributed by atoms with E-state index in [1.54, 1.807) is 29.2 Å². The number of rotatable bonds is 8. The SMILES string of the molecule is CCCN(Cc1nnc(-c2ccco2)o1)C(=O)c1nc(-c2cccs2)n(-c2cccc(F)c2)n1. The van der Waals surface area contributed by atoms with Gasteiger partial charge in [-0.15, -0.1) is 26.6 Å². The van der Waals surface area contributed by atoms with Crippen molar-refractivity contribution in [2.24, 2.45) is 0 Å². The Morgan fingerprint density at radius 2 is 2.09 bits per heavy atom. The zero-order valence-corrected chi connectivity index (χ0v) is 18.9. The first kappa shape index (κ1) is 21.7. The normalized spacial score (nSPS) is 11.1. The summed E-state index contributed by atoms with van der Waals surface area (Å²) in [5.74, 6) is 0.587. The van der Waals surface area contributed by atoms with Crippen LogP contribution in [0.2, 0.25) is 0 Å². The highest BCUT2D eigenvalue weighted by molar-refractivity contribution is 7.13. The van der Waals surface area contributed by atoms with Crippen LogP contribution < -0.4 is 0 Å². The fourth-order valence-corrected chi connectivity index (χ4v) is 4.10. The summed E-state index contributed by atoms with van der Waals surface area (Å²) in [6, 6.07) is 13.2. The van der Waals surface area contributed by atoms with Crippen LogP contribution in [0, 0.1) is 5.82 Å². The van der Waals surface area contributed by atoms with Crippen molar-refractivity contribution >= 4 is 17.2 Å². The molecule has 1 amide bonds. The Kier molecular flexibility index (Phi) is 6.00. The zero-order valence-electron chi connectivity index (χ0n) is 18.1. The molecule has 0 radical (unpaired) electrons. The van der Waals surface area contributed by atoms with Gasteiger partial charge in [-0.2, -0.15) is 0 Å². The van der Waals surface area contributed by atoms with Crippen LogP contribution in [-0.2, 0) is 6.54 Å². The van der Waals surface area contributed by atoms with Crippen LogP contribution in [-0.4, -0.2) is 42.3 Å². The molecule has 0 saturated carbocycles. The Bertz CT molecular complexity index is 1390. The third kappa shape index (κ3) is 4.37. The lowest BCUT2D eigenvalue weighted by Crippen LogP contribution is -2.32. The molecule has 9 nitrogen and oxygen atoms in total. The van der Waals surface area contributed by atoms with Crippen LogP contribution >= 0.6 is 11.3 Å². The van der Waals surface area contributed by atoms with Gasteiger partial charge in [-0.1, -0.05) is 19.1 Å². The number of hydrogen-bond donors (Lipinski definition) is 0. The highest BCUT2D eigenvalue weighted by Crippen LogP contribution is 2.26. The highest BCUT2D eigenvalue weighted by Gasteiger charge is 2.25. The van der Waals surface area contributed by atoms with Crippen molar-refractivity contribution in [3.8, 4) is 28.0 Å². The molecule has 0 aliphatic rings. The predicted molar refractivity (Wildman–Crippen MR) is 122 cm³/mol. The number of carbonyl (C=O) groups is 1. The lowest BCUT2D eigenvalue weighted by molar-refractivity contribution is 0.0716. The number of benzene rings is 1. The number of nitrogens with zero attached hydrogens (tertiary/aromatic N) is 6. The molecule has 0 unspecified atom stereocenters. The van der Waals surface area contributed by atoms with Crippen LogP contribution in [0.5, 0.6) is 0 Å². The maximum Gasteiger partial charge on any atom is 0.294 e. The van der Waals surface area contributed by atoms with Gasteiger partial charge in [0.25, 0.3) is 11.8 Å². The van der Waals surface area contributed by atoms with E-state index in [4.69, 9.17) is 8.83 Å². The van der Waals surface area contributed by atoms with E-state index in [9.17, 15) is 9.18 Å². The van der Waals surface area contributed by atoms with Gasteiger partial charge in [-0.25, -0.2) is 14.1 Å². The van der Waals surface area contributed by atoms with Gasteiger partial charge in [0.2, 0.25) is 11.7 Å². The van der Waals surface area contributed by atoms with Gasteiger partial charge in [0.1, 0.15) is 5.82 Å². The Hall–Kier alpha value is -4.12. The lowest BCUT2D eigenvalue weighted by atomic mass is 10.3. The minimum absolute atomic E-state index is 0.00751. The lowest BCUT2D eigenvalue weighted by Gasteiger charge is -2.18. The monoisotopic (exact) mass is 478 g/mol. The zero-order chi connectivity index (χ0) is 23.5. The topological polar surface area (TPSA) is 103 Å². The first-order valence-corrected chi connectivity index (χ1v) is 11.4. The van der Waals surface area contributed by atoms with Gasteiger partial charge in [0.05, 0.1) is 23.4 Å². The van der Waals surface area contributed by atoms with Gasteiger partial charge < -0.3 is 13.7 Å². The van der Waals surface area contributed by atoms with E-state index < -0.39 is 11.7 Å². The molecule has 172 valence electrons. The molecule has 5 rings (SSSR count). The van der Waals surface area contributed by atoms with Crippen molar-refractivity contribution in [2.45, 2.75) is 19.9 Å². The molecule has 4 aromatic heterocycles. The number of furan rings is 1. The average molecular weight is 479 g/mol. The number of thiophene rings is 1. The quantitative estimate of drug-likeness (QED) is 0.315. The van der Waals surface area contributed by atoms with E-state index in [0.29, 0.717) is 30.2 Å². The maximum absolute atomic E-state index is 13.9. The van der Waals surface area contributed by atoms with Crippen molar-refractivity contribution in [1.82, 2.24) is 29.9 Å². The van der Waals surface area contributed by atoms with E-state index in [1.165, 1.54) is 34.4 Å². The highest BCUT2D eigenvalue weighted by atomic mass is 32.1. The van der Waals surface area contributed by atoms with Crippen LogP contribution in [0.15, 0.2) is 69.0 Å². The fourth-order valence-electron chi connectivity index (χ4n) is 3.40. The second kappa shape index (κ2) is 9.40. The summed E-state index contributed by atoms with van der Waals surface area (Å²) in [5.41, 5.74) is 0.469. The average Bonchev–Trinajstić information content (AvgIpc) is 3.64. The van der Waals surface area contributed by atoms with Crippen LogP contribution in [0.4, 0.5) is 4.39 Å². The van der Waals surface area contributed by atoms with E-state index in [-0.39, 0.29) is 24.2 Å². The molecule has 0 atom stereocenters. The largest absolute Gasteiger partial charge is 0.459 e. The molecule has 0 aliphatic carbocycles. The molecule has 34 heavy (non-hydrogen) atoms. The summed E-state index contributed by atoms with van der Waals surface area (Å²) in [6.07, 6.45) is 2.21. The number of halogens is 1. The molecular formula is C23H19FN6O3S. The Labute approximate surface area is 197 Å².